The lowest BCUT2D eigenvalue weighted by atomic mass is 9.89. The molecule has 0 heterocycles. The molecule has 1 aromatic carbocycles. The fourth-order valence-corrected chi connectivity index (χ4v) is 3.97. The minimum absolute atomic E-state index is 0.00480. The topological polar surface area (TPSA) is 71.4 Å². The molecule has 4 nitrogen and oxygen atoms in total. The second-order valence-corrected chi connectivity index (χ2v) is 7.79. The molecule has 2 rings (SSSR count). The minimum Gasteiger partial charge on any atom is -0.481 e. The molecular formula is C24H32O4. The first-order valence-corrected chi connectivity index (χ1v) is 10.6. The maximum atomic E-state index is 12.4. The van der Waals surface area contributed by atoms with Crippen LogP contribution in [0.3, 0.4) is 0 Å². The van der Waals surface area contributed by atoms with Crippen LogP contribution in [0.2, 0.25) is 0 Å². The van der Waals surface area contributed by atoms with Crippen molar-refractivity contribution in [1.82, 2.24) is 0 Å². The van der Waals surface area contributed by atoms with Crippen molar-refractivity contribution < 1.29 is 19.5 Å². The second kappa shape index (κ2) is 11.6. The molecule has 1 aliphatic rings. The van der Waals surface area contributed by atoms with Crippen LogP contribution in [0.1, 0.15) is 80.6 Å². The summed E-state index contributed by atoms with van der Waals surface area (Å²) in [4.78, 5) is 35.2. The van der Waals surface area contributed by atoms with Gasteiger partial charge in [0.1, 0.15) is 5.78 Å². The van der Waals surface area contributed by atoms with Crippen LogP contribution in [-0.4, -0.2) is 22.6 Å². The summed E-state index contributed by atoms with van der Waals surface area (Å²) in [6.07, 6.45) is 11.6. The zero-order chi connectivity index (χ0) is 20.4. The van der Waals surface area contributed by atoms with Gasteiger partial charge in [-0.15, -0.1) is 0 Å². The van der Waals surface area contributed by atoms with E-state index >= 15 is 0 Å². The van der Waals surface area contributed by atoms with Crippen LogP contribution < -0.4 is 0 Å². The lowest BCUT2D eigenvalue weighted by Gasteiger charge is -2.14. The van der Waals surface area contributed by atoms with Gasteiger partial charge in [-0.05, 0) is 43.2 Å². The van der Waals surface area contributed by atoms with Crippen LogP contribution in [-0.2, 0) is 16.0 Å². The first-order valence-electron chi connectivity index (χ1n) is 10.6. The van der Waals surface area contributed by atoms with E-state index in [2.05, 4.69) is 6.92 Å². The van der Waals surface area contributed by atoms with Gasteiger partial charge < -0.3 is 5.11 Å². The summed E-state index contributed by atoms with van der Waals surface area (Å²) in [5, 5.41) is 8.66. The Kier molecular flexibility index (Phi) is 9.12. The van der Waals surface area contributed by atoms with E-state index < -0.39 is 5.97 Å². The standard InChI is InChI=1S/C24H32O4/c1-2-7-18-10-12-20(13-11-18)22(25)16-14-19-15-17-23(26)21(19)8-5-3-4-6-9-24(27)28/h10-14,16,19,21H,2-9,15,17H2,1H3,(H,27,28)/t19-,21+/m1/s1. The van der Waals surface area contributed by atoms with E-state index in [1.165, 1.54) is 5.56 Å². The maximum Gasteiger partial charge on any atom is 0.303 e. The van der Waals surface area contributed by atoms with Crippen molar-refractivity contribution in [2.45, 2.75) is 71.1 Å². The highest BCUT2D eigenvalue weighted by atomic mass is 16.4. The number of aliphatic carboxylic acids is 1. The van der Waals surface area contributed by atoms with E-state index in [9.17, 15) is 14.4 Å². The summed E-state index contributed by atoms with van der Waals surface area (Å²) < 4.78 is 0. The quantitative estimate of drug-likeness (QED) is 0.298. The Morgan fingerprint density at radius 2 is 1.82 bits per heavy atom. The molecule has 0 radical (unpaired) electrons. The smallest absolute Gasteiger partial charge is 0.303 e. The summed E-state index contributed by atoms with van der Waals surface area (Å²) in [6, 6.07) is 7.78. The van der Waals surface area contributed by atoms with Gasteiger partial charge >= 0.3 is 5.97 Å². The summed E-state index contributed by atoms with van der Waals surface area (Å²) in [7, 11) is 0. The number of allylic oxidation sites excluding steroid dienone is 2. The van der Waals surface area contributed by atoms with Crippen LogP contribution >= 0.6 is 0 Å². The van der Waals surface area contributed by atoms with Crippen molar-refractivity contribution in [3.8, 4) is 0 Å². The van der Waals surface area contributed by atoms with Gasteiger partial charge in [0.15, 0.2) is 5.78 Å². The molecule has 0 saturated heterocycles. The number of Topliss-reactive ketones (excluding diaryl/α,β-unsaturated/α-hetero) is 1. The Morgan fingerprint density at radius 1 is 1.11 bits per heavy atom. The molecular weight excluding hydrogens is 352 g/mol. The summed E-state index contributed by atoms with van der Waals surface area (Å²) in [5.74, 6) is -0.294. The molecule has 0 bridgehead atoms. The maximum absolute atomic E-state index is 12.4. The highest BCUT2D eigenvalue weighted by Crippen LogP contribution is 2.34. The fourth-order valence-electron chi connectivity index (χ4n) is 3.97. The third-order valence-corrected chi connectivity index (χ3v) is 5.58. The lowest BCUT2D eigenvalue weighted by molar-refractivity contribution is -0.137. The molecule has 1 saturated carbocycles. The normalized spacial score (nSPS) is 19.4. The Bertz CT molecular complexity index is 687. The zero-order valence-corrected chi connectivity index (χ0v) is 16.9. The van der Waals surface area contributed by atoms with Gasteiger partial charge in [-0.25, -0.2) is 0 Å². The highest BCUT2D eigenvalue weighted by Gasteiger charge is 2.32. The first-order chi connectivity index (χ1) is 13.5. The van der Waals surface area contributed by atoms with Crippen molar-refractivity contribution in [3.05, 3.63) is 47.5 Å². The largest absolute Gasteiger partial charge is 0.481 e. The van der Waals surface area contributed by atoms with Crippen LogP contribution in [0.15, 0.2) is 36.4 Å². The van der Waals surface area contributed by atoms with Gasteiger partial charge in [-0.3, -0.25) is 14.4 Å². The summed E-state index contributed by atoms with van der Waals surface area (Å²) in [5.41, 5.74) is 1.93. The molecule has 0 unspecified atom stereocenters. The number of hydrogen-bond donors (Lipinski definition) is 1. The molecule has 4 heteroatoms. The zero-order valence-electron chi connectivity index (χ0n) is 16.9. The van der Waals surface area contributed by atoms with Crippen LogP contribution in [0, 0.1) is 11.8 Å². The summed E-state index contributed by atoms with van der Waals surface area (Å²) in [6.45, 7) is 2.14. The van der Waals surface area contributed by atoms with Gasteiger partial charge in [0, 0.05) is 24.3 Å². The molecule has 0 spiro atoms. The van der Waals surface area contributed by atoms with Crippen molar-refractivity contribution in [3.63, 3.8) is 0 Å². The Morgan fingerprint density at radius 3 is 2.50 bits per heavy atom. The Hall–Kier alpha value is -2.23. The van der Waals surface area contributed by atoms with Gasteiger partial charge in [-0.1, -0.05) is 62.9 Å². The number of unbranched alkanes of at least 4 members (excludes halogenated alkanes) is 3. The molecule has 1 fully saturated rings. The van der Waals surface area contributed by atoms with Crippen molar-refractivity contribution in [1.29, 1.82) is 0 Å². The minimum atomic E-state index is -0.749. The molecule has 1 aliphatic carbocycles. The van der Waals surface area contributed by atoms with Gasteiger partial charge in [0.25, 0.3) is 0 Å². The van der Waals surface area contributed by atoms with Crippen LogP contribution in [0.4, 0.5) is 0 Å². The number of ketones is 2. The SMILES string of the molecule is CCCc1ccc(C(=O)C=C[C@@H]2CCC(=O)[C@H]2CCCCCCC(=O)O)cc1. The average Bonchev–Trinajstić information content (AvgIpc) is 3.03. The third kappa shape index (κ3) is 7.06. The Balaban J connectivity index is 1.82. The molecule has 0 amide bonds. The molecule has 2 atom stereocenters. The van der Waals surface area contributed by atoms with E-state index in [-0.39, 0.29) is 24.0 Å². The van der Waals surface area contributed by atoms with Crippen molar-refractivity contribution >= 4 is 17.5 Å². The predicted molar refractivity (Wildman–Crippen MR) is 110 cm³/mol. The lowest BCUT2D eigenvalue weighted by Crippen LogP contribution is -2.13. The van der Waals surface area contributed by atoms with E-state index in [1.54, 1.807) is 6.08 Å². The molecule has 0 aromatic heterocycles. The highest BCUT2D eigenvalue weighted by molar-refractivity contribution is 6.04. The molecule has 1 aromatic rings. The van der Waals surface area contributed by atoms with Crippen molar-refractivity contribution in [2.75, 3.05) is 0 Å². The number of carboxylic acids is 1. The van der Waals surface area contributed by atoms with Gasteiger partial charge in [0.05, 0.1) is 0 Å². The van der Waals surface area contributed by atoms with E-state index in [0.29, 0.717) is 24.2 Å². The van der Waals surface area contributed by atoms with Crippen LogP contribution in [0.25, 0.3) is 0 Å². The number of benzene rings is 1. The van der Waals surface area contributed by atoms with Crippen molar-refractivity contribution in [2.24, 2.45) is 11.8 Å². The number of carboxylic acid groups (broad SMARTS) is 1. The van der Waals surface area contributed by atoms with E-state index in [0.717, 1.165) is 44.9 Å². The van der Waals surface area contributed by atoms with Gasteiger partial charge in [-0.2, -0.15) is 0 Å². The molecule has 1 N–H and O–H groups in total. The van der Waals surface area contributed by atoms with E-state index in [4.69, 9.17) is 5.11 Å². The molecule has 0 aliphatic heterocycles. The first kappa shape index (κ1) is 22.1. The number of hydrogen-bond acceptors (Lipinski definition) is 3. The Labute approximate surface area is 168 Å². The number of carbonyl (C=O) groups is 3. The number of carbonyl (C=O) groups excluding carboxylic acids is 2. The summed E-state index contributed by atoms with van der Waals surface area (Å²) >= 11 is 0. The molecule has 28 heavy (non-hydrogen) atoms. The number of rotatable bonds is 12. The average molecular weight is 385 g/mol. The molecule has 152 valence electrons. The van der Waals surface area contributed by atoms with Gasteiger partial charge in [0.2, 0.25) is 0 Å². The monoisotopic (exact) mass is 384 g/mol. The predicted octanol–water partition coefficient (Wildman–Crippen LogP) is 5.40. The number of aryl methyl sites for hydroxylation is 1. The third-order valence-electron chi connectivity index (χ3n) is 5.58. The fraction of sp³-hybridized carbons (Fsp3) is 0.542. The second-order valence-electron chi connectivity index (χ2n) is 7.79. The van der Waals surface area contributed by atoms with Crippen LogP contribution in [0.5, 0.6) is 0 Å². The van der Waals surface area contributed by atoms with E-state index in [1.807, 2.05) is 30.3 Å².